The van der Waals surface area contributed by atoms with Gasteiger partial charge in [-0.2, -0.15) is 0 Å². The molecule has 0 aliphatic rings. The van der Waals surface area contributed by atoms with Crippen LogP contribution < -0.4 is 15.6 Å². The average molecular weight is 493 g/mol. The molecular weight excluding hydrogens is 478 g/mol. The molecule has 2 amide bonds. The minimum absolute atomic E-state index is 0.0148. The molecule has 3 rings (SSSR count). The molecule has 0 heterocycles. The lowest BCUT2D eigenvalue weighted by atomic mass is 10.0. The monoisotopic (exact) mass is 491 g/mol. The molecule has 8 nitrogen and oxygen atoms in total. The normalized spacial score (nSPS) is 10.5. The van der Waals surface area contributed by atoms with E-state index in [0.29, 0.717) is 11.3 Å². The van der Waals surface area contributed by atoms with Crippen LogP contribution in [0.3, 0.4) is 0 Å². The van der Waals surface area contributed by atoms with Gasteiger partial charge in [0, 0.05) is 21.7 Å². The van der Waals surface area contributed by atoms with Crippen LogP contribution in [0.4, 0.5) is 5.69 Å². The number of amides is 2. The zero-order valence-electron chi connectivity index (χ0n) is 15.6. The van der Waals surface area contributed by atoms with Crippen molar-refractivity contribution in [3.63, 3.8) is 0 Å². The van der Waals surface area contributed by atoms with Crippen molar-refractivity contribution >= 4 is 55.8 Å². The fraction of sp³-hybridized carbons (Fsp3) is 0.100. The van der Waals surface area contributed by atoms with Gasteiger partial charge in [-0.25, -0.2) is 0 Å². The summed E-state index contributed by atoms with van der Waals surface area (Å²) in [4.78, 5) is 34.9. The van der Waals surface area contributed by atoms with Gasteiger partial charge in [-0.15, -0.1) is 0 Å². The Morgan fingerprint density at radius 3 is 2.60 bits per heavy atom. The van der Waals surface area contributed by atoms with Crippen LogP contribution in [0.15, 0.2) is 53.0 Å². The second-order valence-corrected chi connectivity index (χ2v) is 7.54. The van der Waals surface area contributed by atoms with Crippen molar-refractivity contribution in [3.05, 3.63) is 79.3 Å². The van der Waals surface area contributed by atoms with E-state index < -0.39 is 22.4 Å². The summed E-state index contributed by atoms with van der Waals surface area (Å²) in [5.74, 6) is -0.655. The van der Waals surface area contributed by atoms with Crippen molar-refractivity contribution in [3.8, 4) is 5.75 Å². The molecule has 0 aliphatic carbocycles. The molecule has 2 N–H and O–H groups in total. The van der Waals surface area contributed by atoms with Gasteiger partial charge in [0.1, 0.15) is 10.8 Å². The van der Waals surface area contributed by atoms with Gasteiger partial charge in [0.2, 0.25) is 5.91 Å². The molecule has 30 heavy (non-hydrogen) atoms. The number of rotatable bonds is 5. The number of halogens is 2. The van der Waals surface area contributed by atoms with Crippen LogP contribution in [-0.2, 0) is 11.2 Å². The van der Waals surface area contributed by atoms with Crippen molar-refractivity contribution in [2.24, 2.45) is 0 Å². The summed E-state index contributed by atoms with van der Waals surface area (Å²) >= 11 is 9.16. The Kier molecular flexibility index (Phi) is 6.53. The van der Waals surface area contributed by atoms with Gasteiger partial charge in [0.05, 0.1) is 18.5 Å². The summed E-state index contributed by atoms with van der Waals surface area (Å²) in [5.41, 5.74) is 4.81. The first-order valence-electron chi connectivity index (χ1n) is 8.58. The van der Waals surface area contributed by atoms with Crippen LogP contribution in [-0.4, -0.2) is 23.8 Å². The standard InChI is InChI=1S/C20H15BrClN3O5/c1-30-18-7-3-11-8-13(21)4-5-14(11)15(18)10-19(26)23-24-20(27)12-2-6-16(22)17(9-12)25(28)29/h2-9H,10H2,1H3,(H,23,26)(H,24,27). The molecule has 3 aromatic carbocycles. The molecule has 0 radical (unpaired) electrons. The Morgan fingerprint density at radius 1 is 1.13 bits per heavy atom. The van der Waals surface area contributed by atoms with E-state index in [1.807, 2.05) is 24.3 Å². The lowest BCUT2D eigenvalue weighted by Crippen LogP contribution is -2.42. The third kappa shape index (κ3) is 4.69. The van der Waals surface area contributed by atoms with Crippen LogP contribution in [0.5, 0.6) is 5.75 Å². The molecule has 0 saturated carbocycles. The van der Waals surface area contributed by atoms with E-state index in [-0.39, 0.29) is 17.0 Å². The number of hydrazine groups is 1. The van der Waals surface area contributed by atoms with E-state index >= 15 is 0 Å². The second kappa shape index (κ2) is 9.10. The van der Waals surface area contributed by atoms with Crippen LogP contribution in [0, 0.1) is 10.1 Å². The number of ether oxygens (including phenoxy) is 1. The molecule has 0 fully saturated rings. The van der Waals surface area contributed by atoms with Crippen LogP contribution in [0.25, 0.3) is 10.8 Å². The fourth-order valence-corrected chi connectivity index (χ4v) is 3.48. The molecule has 0 unspecified atom stereocenters. The highest BCUT2D eigenvalue weighted by Crippen LogP contribution is 2.30. The average Bonchev–Trinajstić information content (AvgIpc) is 2.72. The summed E-state index contributed by atoms with van der Waals surface area (Å²) in [6, 6.07) is 12.9. The van der Waals surface area contributed by atoms with E-state index in [2.05, 4.69) is 26.8 Å². The third-order valence-corrected chi connectivity index (χ3v) is 5.14. The number of nitrogens with one attached hydrogen (secondary N) is 2. The minimum Gasteiger partial charge on any atom is -0.496 e. The summed E-state index contributed by atoms with van der Waals surface area (Å²) in [5, 5.41) is 12.6. The zero-order chi connectivity index (χ0) is 21.8. The maximum atomic E-state index is 12.4. The SMILES string of the molecule is COc1ccc2cc(Br)ccc2c1CC(=O)NNC(=O)c1ccc(Cl)c([N+](=O)[O-])c1. The summed E-state index contributed by atoms with van der Waals surface area (Å²) in [6.45, 7) is 0. The second-order valence-electron chi connectivity index (χ2n) is 6.21. The van der Waals surface area contributed by atoms with Gasteiger partial charge < -0.3 is 4.74 Å². The summed E-state index contributed by atoms with van der Waals surface area (Å²) in [6.07, 6.45) is -0.0524. The highest BCUT2D eigenvalue weighted by molar-refractivity contribution is 9.10. The first-order chi connectivity index (χ1) is 14.3. The fourth-order valence-electron chi connectivity index (χ4n) is 2.92. The highest BCUT2D eigenvalue weighted by atomic mass is 79.9. The predicted octanol–water partition coefficient (Wildman–Crippen LogP) is 4.18. The molecule has 0 atom stereocenters. The molecular formula is C20H15BrClN3O5. The van der Waals surface area contributed by atoms with E-state index in [4.69, 9.17) is 16.3 Å². The Balaban J connectivity index is 1.74. The first kappa shape index (κ1) is 21.5. The van der Waals surface area contributed by atoms with E-state index in [1.54, 1.807) is 6.07 Å². The first-order valence-corrected chi connectivity index (χ1v) is 9.75. The third-order valence-electron chi connectivity index (χ3n) is 4.33. The van der Waals surface area contributed by atoms with Gasteiger partial charge >= 0.3 is 0 Å². The van der Waals surface area contributed by atoms with Gasteiger partial charge in [0.15, 0.2) is 0 Å². The molecule has 10 heteroatoms. The van der Waals surface area contributed by atoms with Gasteiger partial charge in [-0.05, 0) is 41.1 Å². The Morgan fingerprint density at radius 2 is 1.90 bits per heavy atom. The van der Waals surface area contributed by atoms with Gasteiger partial charge in [-0.1, -0.05) is 39.7 Å². The van der Waals surface area contributed by atoms with Crippen molar-refractivity contribution < 1.29 is 19.2 Å². The van der Waals surface area contributed by atoms with Crippen LogP contribution >= 0.6 is 27.5 Å². The number of fused-ring (bicyclic) bond motifs is 1. The molecule has 154 valence electrons. The van der Waals surface area contributed by atoms with Gasteiger partial charge in [-0.3, -0.25) is 30.6 Å². The molecule has 0 saturated heterocycles. The molecule has 0 spiro atoms. The lowest BCUT2D eigenvalue weighted by molar-refractivity contribution is -0.384. The quantitative estimate of drug-likeness (QED) is 0.410. The number of benzene rings is 3. The molecule has 0 aliphatic heterocycles. The smallest absolute Gasteiger partial charge is 0.288 e. The Labute approximate surface area is 184 Å². The predicted molar refractivity (Wildman–Crippen MR) is 116 cm³/mol. The number of hydrogen-bond acceptors (Lipinski definition) is 5. The molecule has 3 aromatic rings. The summed E-state index contributed by atoms with van der Waals surface area (Å²) in [7, 11) is 1.51. The van der Waals surface area contributed by atoms with Crippen LogP contribution in [0.1, 0.15) is 15.9 Å². The van der Waals surface area contributed by atoms with E-state index in [0.717, 1.165) is 21.3 Å². The van der Waals surface area contributed by atoms with Crippen molar-refractivity contribution in [2.45, 2.75) is 6.42 Å². The maximum Gasteiger partial charge on any atom is 0.288 e. The Bertz CT molecular complexity index is 1170. The number of methoxy groups -OCH3 is 1. The number of nitro groups is 1. The zero-order valence-corrected chi connectivity index (χ0v) is 17.9. The number of carbonyl (C=O) groups is 2. The van der Waals surface area contributed by atoms with Crippen LogP contribution in [0.2, 0.25) is 5.02 Å². The van der Waals surface area contributed by atoms with Crippen molar-refractivity contribution in [1.82, 2.24) is 10.9 Å². The largest absolute Gasteiger partial charge is 0.496 e. The molecule has 0 aromatic heterocycles. The minimum atomic E-state index is -0.711. The van der Waals surface area contributed by atoms with E-state index in [9.17, 15) is 19.7 Å². The van der Waals surface area contributed by atoms with E-state index in [1.165, 1.54) is 19.2 Å². The Hall–Kier alpha value is -3.17. The molecule has 0 bridgehead atoms. The lowest BCUT2D eigenvalue weighted by Gasteiger charge is -2.13. The topological polar surface area (TPSA) is 111 Å². The number of hydrogen-bond donors (Lipinski definition) is 2. The number of nitro benzene ring substituents is 1. The number of carbonyl (C=O) groups excluding carboxylic acids is 2. The van der Waals surface area contributed by atoms with Gasteiger partial charge in [0.25, 0.3) is 11.6 Å². The number of nitrogens with zero attached hydrogens (tertiary/aromatic N) is 1. The van der Waals surface area contributed by atoms with Crippen molar-refractivity contribution in [1.29, 1.82) is 0 Å². The maximum absolute atomic E-state index is 12.4. The van der Waals surface area contributed by atoms with Crippen molar-refractivity contribution in [2.75, 3.05) is 7.11 Å². The summed E-state index contributed by atoms with van der Waals surface area (Å²) < 4.78 is 6.27. The highest BCUT2D eigenvalue weighted by Gasteiger charge is 2.18.